The first-order chi connectivity index (χ1) is 10.7. The van der Waals surface area contributed by atoms with E-state index in [0.717, 1.165) is 0 Å². The number of benzene rings is 1. The summed E-state index contributed by atoms with van der Waals surface area (Å²) in [5, 5.41) is 7.58. The number of carbonyl (C=O) groups is 1. The molecule has 1 amide bonds. The fraction of sp³-hybridized carbons (Fsp3) is 0.250. The Labute approximate surface area is 142 Å². The zero-order chi connectivity index (χ0) is 17.2. The van der Waals surface area contributed by atoms with Gasteiger partial charge in [-0.3, -0.25) is 10.1 Å². The van der Waals surface area contributed by atoms with Gasteiger partial charge in [0.1, 0.15) is 5.75 Å². The predicted molar refractivity (Wildman–Crippen MR) is 80.1 cm³/mol. The summed E-state index contributed by atoms with van der Waals surface area (Å²) in [6.07, 6.45) is -5.63. The van der Waals surface area contributed by atoms with Gasteiger partial charge in [0, 0.05) is 5.02 Å². The standard InChI is InChI=1S/C12H8Cl2F3N3O2S/c1-5(22-8-3-2-6(13)4-7(8)14)9(21)18-11-20-19-10(23-11)12(15,16)17/h2-5H,1H3,(H,18,20,21)/t5-/m0/s1. The summed E-state index contributed by atoms with van der Waals surface area (Å²) >= 11 is 11.9. The van der Waals surface area contributed by atoms with E-state index in [4.69, 9.17) is 27.9 Å². The largest absolute Gasteiger partial charge is 0.479 e. The third-order valence-corrected chi connectivity index (χ3v) is 3.88. The fourth-order valence-electron chi connectivity index (χ4n) is 1.41. The molecule has 1 N–H and O–H groups in total. The Kier molecular flexibility index (Phi) is 5.33. The molecule has 1 atom stereocenters. The van der Waals surface area contributed by atoms with Gasteiger partial charge in [0.25, 0.3) is 5.91 Å². The number of hydrogen-bond acceptors (Lipinski definition) is 5. The highest BCUT2D eigenvalue weighted by Gasteiger charge is 2.36. The number of rotatable bonds is 4. The molecule has 2 rings (SSSR count). The second kappa shape index (κ2) is 6.90. The number of amides is 1. The number of hydrogen-bond donors (Lipinski definition) is 1. The van der Waals surface area contributed by atoms with Crippen molar-refractivity contribution >= 4 is 45.6 Å². The number of alkyl halides is 3. The Balaban J connectivity index is 2.01. The lowest BCUT2D eigenvalue weighted by Crippen LogP contribution is -2.30. The first-order valence-electron chi connectivity index (χ1n) is 6.00. The van der Waals surface area contributed by atoms with E-state index in [2.05, 4.69) is 15.5 Å². The van der Waals surface area contributed by atoms with Gasteiger partial charge >= 0.3 is 6.18 Å². The second-order valence-corrected chi connectivity index (χ2v) is 6.06. The molecule has 0 saturated heterocycles. The van der Waals surface area contributed by atoms with E-state index < -0.39 is 23.2 Å². The van der Waals surface area contributed by atoms with Crippen LogP contribution in [0.2, 0.25) is 10.0 Å². The molecule has 1 heterocycles. The van der Waals surface area contributed by atoms with Crippen LogP contribution in [0.3, 0.4) is 0 Å². The molecule has 0 aliphatic rings. The maximum atomic E-state index is 12.4. The highest BCUT2D eigenvalue weighted by atomic mass is 35.5. The van der Waals surface area contributed by atoms with E-state index >= 15 is 0 Å². The number of halogens is 5. The third-order valence-electron chi connectivity index (χ3n) is 2.46. The summed E-state index contributed by atoms with van der Waals surface area (Å²) in [5.41, 5.74) is 0. The van der Waals surface area contributed by atoms with Crippen LogP contribution >= 0.6 is 34.5 Å². The van der Waals surface area contributed by atoms with E-state index in [0.29, 0.717) is 5.02 Å². The number of aromatic nitrogens is 2. The van der Waals surface area contributed by atoms with Crippen LogP contribution in [-0.2, 0) is 11.0 Å². The molecular weight excluding hydrogens is 378 g/mol. The summed E-state index contributed by atoms with van der Waals surface area (Å²) in [6, 6.07) is 4.43. The van der Waals surface area contributed by atoms with Crippen LogP contribution in [0.4, 0.5) is 18.3 Å². The van der Waals surface area contributed by atoms with Crippen molar-refractivity contribution in [1.29, 1.82) is 0 Å². The number of anilines is 1. The average Bonchev–Trinajstić information content (AvgIpc) is 2.90. The van der Waals surface area contributed by atoms with E-state index in [1.54, 1.807) is 0 Å². The highest BCUT2D eigenvalue weighted by Crippen LogP contribution is 2.33. The van der Waals surface area contributed by atoms with Gasteiger partial charge in [-0.05, 0) is 25.1 Å². The monoisotopic (exact) mass is 385 g/mol. The molecule has 0 bridgehead atoms. The van der Waals surface area contributed by atoms with Crippen LogP contribution in [0.5, 0.6) is 5.75 Å². The number of carbonyl (C=O) groups excluding carboxylic acids is 1. The van der Waals surface area contributed by atoms with Gasteiger partial charge in [0.05, 0.1) is 5.02 Å². The lowest BCUT2D eigenvalue weighted by atomic mass is 10.3. The van der Waals surface area contributed by atoms with Crippen molar-refractivity contribution in [3.8, 4) is 5.75 Å². The van der Waals surface area contributed by atoms with E-state index in [-0.39, 0.29) is 27.2 Å². The van der Waals surface area contributed by atoms with Crippen LogP contribution in [-0.4, -0.2) is 22.2 Å². The normalized spacial score (nSPS) is 12.8. The van der Waals surface area contributed by atoms with Crippen LogP contribution in [0.1, 0.15) is 11.9 Å². The van der Waals surface area contributed by atoms with Crippen LogP contribution in [0, 0.1) is 0 Å². The molecule has 2 aromatic rings. The summed E-state index contributed by atoms with van der Waals surface area (Å²) in [4.78, 5) is 11.9. The molecule has 0 spiro atoms. The minimum absolute atomic E-state index is 0.201. The molecule has 0 aliphatic carbocycles. The Morgan fingerprint density at radius 2 is 2.04 bits per heavy atom. The molecule has 1 aromatic heterocycles. The summed E-state index contributed by atoms with van der Waals surface area (Å²) in [6.45, 7) is 1.41. The van der Waals surface area contributed by atoms with Gasteiger partial charge in [-0.15, -0.1) is 10.2 Å². The Morgan fingerprint density at radius 1 is 1.35 bits per heavy atom. The van der Waals surface area contributed by atoms with Crippen molar-refractivity contribution in [2.24, 2.45) is 0 Å². The topological polar surface area (TPSA) is 64.1 Å². The maximum absolute atomic E-state index is 12.4. The molecule has 124 valence electrons. The van der Waals surface area contributed by atoms with Crippen molar-refractivity contribution < 1.29 is 22.7 Å². The molecule has 23 heavy (non-hydrogen) atoms. The molecule has 0 aliphatic heterocycles. The number of nitrogens with one attached hydrogen (secondary N) is 1. The second-order valence-electron chi connectivity index (χ2n) is 4.23. The molecule has 0 unspecified atom stereocenters. The molecular formula is C12H8Cl2F3N3O2S. The van der Waals surface area contributed by atoms with Crippen molar-refractivity contribution in [2.45, 2.75) is 19.2 Å². The lowest BCUT2D eigenvalue weighted by Gasteiger charge is -2.14. The molecule has 1 aromatic carbocycles. The first kappa shape index (κ1) is 17.8. The van der Waals surface area contributed by atoms with E-state index in [9.17, 15) is 18.0 Å². The minimum Gasteiger partial charge on any atom is -0.479 e. The Bertz CT molecular complexity index is 724. The SMILES string of the molecule is C[C@H](Oc1ccc(Cl)cc1Cl)C(=O)Nc1nnc(C(F)(F)F)s1. The highest BCUT2D eigenvalue weighted by molar-refractivity contribution is 7.15. The zero-order valence-corrected chi connectivity index (χ0v) is 13.6. The predicted octanol–water partition coefficient (Wildman–Crippen LogP) is 4.27. The minimum atomic E-state index is -4.61. The van der Waals surface area contributed by atoms with Crippen molar-refractivity contribution in [1.82, 2.24) is 10.2 Å². The number of nitrogens with zero attached hydrogens (tertiary/aromatic N) is 2. The fourth-order valence-corrected chi connectivity index (χ4v) is 2.48. The van der Waals surface area contributed by atoms with Crippen molar-refractivity contribution in [3.05, 3.63) is 33.3 Å². The van der Waals surface area contributed by atoms with Crippen molar-refractivity contribution in [2.75, 3.05) is 5.32 Å². The van der Waals surface area contributed by atoms with Gasteiger partial charge < -0.3 is 4.74 Å². The van der Waals surface area contributed by atoms with Gasteiger partial charge in [0.15, 0.2) is 6.10 Å². The molecule has 5 nitrogen and oxygen atoms in total. The van der Waals surface area contributed by atoms with Crippen LogP contribution < -0.4 is 10.1 Å². The quantitative estimate of drug-likeness (QED) is 0.853. The summed E-state index contributed by atoms with van der Waals surface area (Å²) < 4.78 is 42.6. The summed E-state index contributed by atoms with van der Waals surface area (Å²) in [5.74, 6) is -0.479. The molecule has 0 fully saturated rings. The lowest BCUT2D eigenvalue weighted by molar-refractivity contribution is -0.138. The molecule has 0 radical (unpaired) electrons. The smallest absolute Gasteiger partial charge is 0.445 e. The zero-order valence-electron chi connectivity index (χ0n) is 11.3. The third kappa shape index (κ3) is 4.69. The van der Waals surface area contributed by atoms with Crippen LogP contribution in [0.15, 0.2) is 18.2 Å². The number of ether oxygens (including phenoxy) is 1. The average molecular weight is 386 g/mol. The molecule has 11 heteroatoms. The van der Waals surface area contributed by atoms with Crippen LogP contribution in [0.25, 0.3) is 0 Å². The molecule has 0 saturated carbocycles. The van der Waals surface area contributed by atoms with Gasteiger partial charge in [-0.1, -0.05) is 34.5 Å². The van der Waals surface area contributed by atoms with Gasteiger partial charge in [-0.25, -0.2) is 0 Å². The first-order valence-corrected chi connectivity index (χ1v) is 7.57. The van der Waals surface area contributed by atoms with Crippen molar-refractivity contribution in [3.63, 3.8) is 0 Å². The Hall–Kier alpha value is -1.58. The van der Waals surface area contributed by atoms with Gasteiger partial charge in [-0.2, -0.15) is 13.2 Å². The summed E-state index contributed by atoms with van der Waals surface area (Å²) in [7, 11) is 0. The van der Waals surface area contributed by atoms with Gasteiger partial charge in [0.2, 0.25) is 10.1 Å². The van der Waals surface area contributed by atoms with E-state index in [1.165, 1.54) is 25.1 Å². The maximum Gasteiger partial charge on any atom is 0.445 e. The Morgan fingerprint density at radius 3 is 2.61 bits per heavy atom. The van der Waals surface area contributed by atoms with E-state index in [1.807, 2.05) is 0 Å².